The van der Waals surface area contributed by atoms with E-state index in [0.29, 0.717) is 6.04 Å². The Morgan fingerprint density at radius 1 is 1.45 bits per heavy atom. The molecule has 1 heterocycles. The molecule has 0 spiro atoms. The molecule has 0 unspecified atom stereocenters. The van der Waals surface area contributed by atoms with Crippen LogP contribution in [0.4, 0.5) is 4.79 Å². The van der Waals surface area contributed by atoms with Crippen molar-refractivity contribution >= 4 is 6.03 Å². The molecule has 2 aliphatic rings. The minimum atomic E-state index is 0.259. The lowest BCUT2D eigenvalue weighted by molar-refractivity contribution is 0.192. The molecule has 3 heteroatoms. The highest BCUT2D eigenvalue weighted by atomic mass is 16.2. The SMILES string of the molecule is CCN1CCN(C2CC2)C1=O. The van der Waals surface area contributed by atoms with Crippen molar-refractivity contribution < 1.29 is 4.79 Å². The molecule has 3 nitrogen and oxygen atoms in total. The largest absolute Gasteiger partial charge is 0.323 e. The molecule has 0 aromatic rings. The Morgan fingerprint density at radius 2 is 2.18 bits per heavy atom. The lowest BCUT2D eigenvalue weighted by Crippen LogP contribution is -2.32. The third-order valence-electron chi connectivity index (χ3n) is 2.50. The molecule has 0 radical (unpaired) electrons. The van der Waals surface area contributed by atoms with Crippen molar-refractivity contribution in [1.82, 2.24) is 9.80 Å². The first-order chi connectivity index (χ1) is 5.33. The molecule has 62 valence electrons. The van der Waals surface area contributed by atoms with E-state index in [4.69, 9.17) is 0 Å². The van der Waals surface area contributed by atoms with Crippen LogP contribution < -0.4 is 0 Å². The zero-order valence-corrected chi connectivity index (χ0v) is 6.92. The molecule has 2 rings (SSSR count). The summed E-state index contributed by atoms with van der Waals surface area (Å²) in [7, 11) is 0. The molecule has 0 atom stereocenters. The van der Waals surface area contributed by atoms with Crippen LogP contribution in [-0.4, -0.2) is 41.5 Å². The van der Waals surface area contributed by atoms with Gasteiger partial charge in [-0.05, 0) is 19.8 Å². The average molecular weight is 154 g/mol. The summed E-state index contributed by atoms with van der Waals surface area (Å²) >= 11 is 0. The summed E-state index contributed by atoms with van der Waals surface area (Å²) in [6.45, 7) is 4.79. The number of rotatable bonds is 2. The Hall–Kier alpha value is -0.730. The van der Waals surface area contributed by atoms with E-state index in [2.05, 4.69) is 0 Å². The standard InChI is InChI=1S/C8H14N2O/c1-2-9-5-6-10(8(9)11)7-3-4-7/h7H,2-6H2,1H3. The van der Waals surface area contributed by atoms with E-state index in [1.54, 1.807) is 0 Å². The molecular weight excluding hydrogens is 140 g/mol. The molecule has 0 N–H and O–H groups in total. The van der Waals surface area contributed by atoms with Gasteiger partial charge in [0.1, 0.15) is 0 Å². The second-order valence-electron chi connectivity index (χ2n) is 3.29. The van der Waals surface area contributed by atoms with Crippen LogP contribution >= 0.6 is 0 Å². The van der Waals surface area contributed by atoms with E-state index >= 15 is 0 Å². The molecule has 1 saturated heterocycles. The van der Waals surface area contributed by atoms with Gasteiger partial charge in [-0.15, -0.1) is 0 Å². The van der Waals surface area contributed by atoms with Gasteiger partial charge < -0.3 is 9.80 Å². The highest BCUT2D eigenvalue weighted by Gasteiger charge is 2.38. The van der Waals surface area contributed by atoms with Crippen LogP contribution in [0.1, 0.15) is 19.8 Å². The van der Waals surface area contributed by atoms with Gasteiger partial charge in [0.15, 0.2) is 0 Å². The summed E-state index contributed by atoms with van der Waals surface area (Å²) in [5.41, 5.74) is 0. The van der Waals surface area contributed by atoms with Crippen molar-refractivity contribution in [3.8, 4) is 0 Å². The topological polar surface area (TPSA) is 23.6 Å². The van der Waals surface area contributed by atoms with Crippen molar-refractivity contribution in [2.75, 3.05) is 19.6 Å². The number of urea groups is 1. The summed E-state index contributed by atoms with van der Waals surface area (Å²) in [5, 5.41) is 0. The Balaban J connectivity index is 1.99. The lowest BCUT2D eigenvalue weighted by atomic mass is 10.5. The third-order valence-corrected chi connectivity index (χ3v) is 2.50. The fourth-order valence-electron chi connectivity index (χ4n) is 1.62. The quantitative estimate of drug-likeness (QED) is 0.580. The van der Waals surface area contributed by atoms with Gasteiger partial charge in [-0.25, -0.2) is 4.79 Å². The maximum Gasteiger partial charge on any atom is 0.320 e. The first-order valence-corrected chi connectivity index (χ1v) is 4.38. The predicted molar refractivity (Wildman–Crippen MR) is 42.4 cm³/mol. The van der Waals surface area contributed by atoms with E-state index in [1.807, 2.05) is 16.7 Å². The van der Waals surface area contributed by atoms with Gasteiger partial charge in [-0.3, -0.25) is 0 Å². The van der Waals surface area contributed by atoms with Crippen LogP contribution in [0.3, 0.4) is 0 Å². The summed E-state index contributed by atoms with van der Waals surface area (Å²) in [5.74, 6) is 0. The van der Waals surface area contributed by atoms with Gasteiger partial charge in [0.2, 0.25) is 0 Å². The molecule has 11 heavy (non-hydrogen) atoms. The van der Waals surface area contributed by atoms with Gasteiger partial charge in [-0.1, -0.05) is 0 Å². The van der Waals surface area contributed by atoms with Crippen LogP contribution in [0.2, 0.25) is 0 Å². The predicted octanol–water partition coefficient (Wildman–Crippen LogP) is 0.906. The molecule has 1 aliphatic carbocycles. The monoisotopic (exact) mass is 154 g/mol. The number of amides is 2. The first-order valence-electron chi connectivity index (χ1n) is 4.38. The number of nitrogens with zero attached hydrogens (tertiary/aromatic N) is 2. The van der Waals surface area contributed by atoms with Crippen LogP contribution in [-0.2, 0) is 0 Å². The summed E-state index contributed by atoms with van der Waals surface area (Å²) in [4.78, 5) is 15.4. The van der Waals surface area contributed by atoms with Crippen LogP contribution in [0.25, 0.3) is 0 Å². The minimum Gasteiger partial charge on any atom is -0.323 e. The Morgan fingerprint density at radius 3 is 2.64 bits per heavy atom. The smallest absolute Gasteiger partial charge is 0.320 e. The lowest BCUT2D eigenvalue weighted by Gasteiger charge is -2.16. The second-order valence-corrected chi connectivity index (χ2v) is 3.29. The van der Waals surface area contributed by atoms with E-state index in [0.717, 1.165) is 19.6 Å². The van der Waals surface area contributed by atoms with Crippen molar-refractivity contribution in [2.45, 2.75) is 25.8 Å². The van der Waals surface area contributed by atoms with Gasteiger partial charge in [0.05, 0.1) is 0 Å². The van der Waals surface area contributed by atoms with Crippen molar-refractivity contribution in [2.24, 2.45) is 0 Å². The summed E-state index contributed by atoms with van der Waals surface area (Å²) < 4.78 is 0. The highest BCUT2D eigenvalue weighted by molar-refractivity contribution is 5.77. The third kappa shape index (κ3) is 1.08. The van der Waals surface area contributed by atoms with Gasteiger partial charge in [0, 0.05) is 25.7 Å². The molecule has 0 aromatic heterocycles. The van der Waals surface area contributed by atoms with E-state index in [1.165, 1.54) is 12.8 Å². The van der Waals surface area contributed by atoms with E-state index in [-0.39, 0.29) is 6.03 Å². The van der Waals surface area contributed by atoms with Crippen molar-refractivity contribution in [3.05, 3.63) is 0 Å². The van der Waals surface area contributed by atoms with Crippen LogP contribution in [0.15, 0.2) is 0 Å². The Labute approximate surface area is 67.0 Å². The number of carbonyl (C=O) groups is 1. The first kappa shape index (κ1) is 6.95. The van der Waals surface area contributed by atoms with E-state index < -0.39 is 0 Å². The maximum absolute atomic E-state index is 11.5. The average Bonchev–Trinajstić information content (AvgIpc) is 2.77. The van der Waals surface area contributed by atoms with Gasteiger partial charge in [-0.2, -0.15) is 0 Å². The minimum absolute atomic E-state index is 0.259. The van der Waals surface area contributed by atoms with Crippen LogP contribution in [0.5, 0.6) is 0 Å². The fourth-order valence-corrected chi connectivity index (χ4v) is 1.62. The van der Waals surface area contributed by atoms with Crippen LogP contribution in [0, 0.1) is 0 Å². The fraction of sp³-hybridized carbons (Fsp3) is 0.875. The van der Waals surface area contributed by atoms with Gasteiger partial charge in [0.25, 0.3) is 0 Å². The molecule has 0 aromatic carbocycles. The number of carbonyl (C=O) groups excluding carboxylic acids is 1. The zero-order chi connectivity index (χ0) is 7.84. The number of hydrogen-bond donors (Lipinski definition) is 0. The molecule has 1 aliphatic heterocycles. The second kappa shape index (κ2) is 2.40. The molecular formula is C8H14N2O. The normalized spacial score (nSPS) is 25.0. The van der Waals surface area contributed by atoms with Crippen molar-refractivity contribution in [3.63, 3.8) is 0 Å². The van der Waals surface area contributed by atoms with Gasteiger partial charge >= 0.3 is 6.03 Å². The highest BCUT2D eigenvalue weighted by Crippen LogP contribution is 2.29. The maximum atomic E-state index is 11.5. The molecule has 1 saturated carbocycles. The molecule has 0 bridgehead atoms. The molecule has 2 amide bonds. The summed E-state index contributed by atoms with van der Waals surface area (Å²) in [6.07, 6.45) is 2.45. The number of hydrogen-bond acceptors (Lipinski definition) is 1. The van der Waals surface area contributed by atoms with E-state index in [9.17, 15) is 4.79 Å². The molecule has 2 fully saturated rings. The van der Waals surface area contributed by atoms with Crippen molar-refractivity contribution in [1.29, 1.82) is 0 Å². The number of likely N-dealkylation sites (N-methyl/N-ethyl adjacent to an activating group) is 1. The Bertz CT molecular complexity index is 177. The summed E-state index contributed by atoms with van der Waals surface area (Å²) in [6, 6.07) is 0.856. The zero-order valence-electron chi connectivity index (χ0n) is 6.92. The Kier molecular flexibility index (Phi) is 1.51.